The molecule has 106 valence electrons. The fraction of sp³-hybridized carbons (Fsp3) is 0.0588. The fourth-order valence-electron chi connectivity index (χ4n) is 1.76. The Bertz CT molecular complexity index is 621. The Labute approximate surface area is 123 Å². The van der Waals surface area contributed by atoms with Crippen LogP contribution >= 0.6 is 0 Å². The summed E-state index contributed by atoms with van der Waals surface area (Å²) in [6, 6.07) is 18.5. The molecule has 0 unspecified atom stereocenters. The zero-order valence-electron chi connectivity index (χ0n) is 11.4. The number of ether oxygens (including phenoxy) is 1. The van der Waals surface area contributed by atoms with E-state index in [9.17, 15) is 9.59 Å². The van der Waals surface area contributed by atoms with Crippen LogP contribution in [-0.2, 0) is 16.1 Å². The van der Waals surface area contributed by atoms with Gasteiger partial charge >= 0.3 is 6.09 Å². The highest BCUT2D eigenvalue weighted by atomic mass is 16.5. The van der Waals surface area contributed by atoms with Crippen LogP contribution in [0, 0.1) is 0 Å². The van der Waals surface area contributed by atoms with Crippen molar-refractivity contribution in [3.8, 4) is 0 Å². The van der Waals surface area contributed by atoms with E-state index >= 15 is 0 Å². The lowest BCUT2D eigenvalue weighted by Gasteiger charge is -2.10. The van der Waals surface area contributed by atoms with Crippen LogP contribution in [0.2, 0.25) is 0 Å². The average molecular weight is 281 g/mol. The maximum absolute atomic E-state index is 11.8. The minimum absolute atomic E-state index is 0.176. The number of rotatable bonds is 5. The number of carbonyl (C=O) groups is 2. The second-order valence-corrected chi connectivity index (χ2v) is 4.27. The average Bonchev–Trinajstić information content (AvgIpc) is 2.54. The summed E-state index contributed by atoms with van der Waals surface area (Å²) in [4.78, 5) is 22.5. The minimum Gasteiger partial charge on any atom is -0.444 e. The number of carbonyl (C=O) groups excluding carboxylic acids is 2. The van der Waals surface area contributed by atoms with Crippen LogP contribution in [0.15, 0.2) is 66.7 Å². The van der Waals surface area contributed by atoms with Gasteiger partial charge < -0.3 is 4.74 Å². The van der Waals surface area contributed by atoms with Crippen molar-refractivity contribution in [1.29, 1.82) is 0 Å². The molecule has 0 saturated heterocycles. The molecule has 0 heterocycles. The van der Waals surface area contributed by atoms with E-state index in [1.54, 1.807) is 12.1 Å². The number of aldehydes is 1. The monoisotopic (exact) mass is 281 g/mol. The van der Waals surface area contributed by atoms with Gasteiger partial charge in [0.05, 0.1) is 5.70 Å². The van der Waals surface area contributed by atoms with Gasteiger partial charge in [0.1, 0.15) is 12.9 Å². The van der Waals surface area contributed by atoms with Crippen molar-refractivity contribution in [3.63, 3.8) is 0 Å². The standard InChI is InChI=1S/C17H15NO3/c19-12-11-16(15-9-5-2-6-10-15)18-17(20)21-13-14-7-3-1-4-8-14/h1-12H,13H2,(H,18,20)/b16-11-. The second-order valence-electron chi connectivity index (χ2n) is 4.27. The first-order valence-electron chi connectivity index (χ1n) is 6.48. The van der Waals surface area contributed by atoms with E-state index in [-0.39, 0.29) is 6.61 Å². The van der Waals surface area contributed by atoms with Gasteiger partial charge in [-0.2, -0.15) is 0 Å². The SMILES string of the molecule is O=C/C=C(\NC(=O)OCc1ccccc1)c1ccccc1. The van der Waals surface area contributed by atoms with Gasteiger partial charge in [-0.3, -0.25) is 10.1 Å². The fourth-order valence-corrected chi connectivity index (χ4v) is 1.76. The molecule has 4 heteroatoms. The molecule has 0 spiro atoms. The largest absolute Gasteiger partial charge is 0.444 e. The lowest BCUT2D eigenvalue weighted by molar-refractivity contribution is -0.104. The van der Waals surface area contributed by atoms with Gasteiger partial charge in [-0.05, 0) is 11.1 Å². The van der Waals surface area contributed by atoms with Crippen LogP contribution in [0.5, 0.6) is 0 Å². The Morgan fingerprint density at radius 3 is 2.24 bits per heavy atom. The summed E-state index contributed by atoms with van der Waals surface area (Å²) in [6.07, 6.45) is 1.31. The number of nitrogens with one attached hydrogen (secondary N) is 1. The predicted octanol–water partition coefficient (Wildman–Crippen LogP) is 3.15. The Balaban J connectivity index is 1.96. The zero-order valence-corrected chi connectivity index (χ0v) is 11.4. The molecule has 0 bridgehead atoms. The molecule has 4 nitrogen and oxygen atoms in total. The number of benzene rings is 2. The van der Waals surface area contributed by atoms with Gasteiger partial charge in [-0.25, -0.2) is 4.79 Å². The Hall–Kier alpha value is -2.88. The first-order chi connectivity index (χ1) is 10.3. The lowest BCUT2D eigenvalue weighted by Crippen LogP contribution is -2.23. The van der Waals surface area contributed by atoms with E-state index < -0.39 is 6.09 Å². The highest BCUT2D eigenvalue weighted by Crippen LogP contribution is 2.10. The van der Waals surface area contributed by atoms with Crippen molar-refractivity contribution in [2.45, 2.75) is 6.61 Å². The molecule has 2 rings (SSSR count). The van der Waals surface area contributed by atoms with Gasteiger partial charge in [0.25, 0.3) is 0 Å². The summed E-state index contributed by atoms with van der Waals surface area (Å²) in [5.41, 5.74) is 2.04. The molecule has 1 amide bonds. The molecule has 21 heavy (non-hydrogen) atoms. The van der Waals surface area contributed by atoms with Crippen molar-refractivity contribution in [2.24, 2.45) is 0 Å². The molecule has 0 aliphatic heterocycles. The van der Waals surface area contributed by atoms with Crippen molar-refractivity contribution in [3.05, 3.63) is 77.9 Å². The number of hydrogen-bond acceptors (Lipinski definition) is 3. The first kappa shape index (κ1) is 14.5. The number of amides is 1. The molecule has 0 aliphatic rings. The lowest BCUT2D eigenvalue weighted by atomic mass is 10.1. The van der Waals surface area contributed by atoms with Crippen LogP contribution in [0.1, 0.15) is 11.1 Å². The van der Waals surface area contributed by atoms with Gasteiger partial charge in [0, 0.05) is 6.08 Å². The molecular weight excluding hydrogens is 266 g/mol. The quantitative estimate of drug-likeness (QED) is 0.676. The zero-order chi connectivity index (χ0) is 14.9. The summed E-state index contributed by atoms with van der Waals surface area (Å²) in [6.45, 7) is 0.176. The van der Waals surface area contributed by atoms with Crippen molar-refractivity contribution >= 4 is 18.1 Å². The summed E-state index contributed by atoms with van der Waals surface area (Å²) >= 11 is 0. The van der Waals surface area contributed by atoms with Crippen molar-refractivity contribution in [1.82, 2.24) is 5.32 Å². The van der Waals surface area contributed by atoms with E-state index in [1.807, 2.05) is 48.5 Å². The maximum Gasteiger partial charge on any atom is 0.411 e. The third-order valence-electron chi connectivity index (χ3n) is 2.77. The van der Waals surface area contributed by atoms with Crippen molar-refractivity contribution < 1.29 is 14.3 Å². The van der Waals surface area contributed by atoms with Crippen LogP contribution in [0.4, 0.5) is 4.79 Å². The van der Waals surface area contributed by atoms with E-state index in [1.165, 1.54) is 6.08 Å². The van der Waals surface area contributed by atoms with Crippen LogP contribution in [-0.4, -0.2) is 12.4 Å². The maximum atomic E-state index is 11.8. The second kappa shape index (κ2) is 7.65. The van der Waals surface area contributed by atoms with E-state index in [2.05, 4.69) is 5.32 Å². The first-order valence-corrected chi connectivity index (χ1v) is 6.48. The smallest absolute Gasteiger partial charge is 0.411 e. The third-order valence-corrected chi connectivity index (χ3v) is 2.77. The summed E-state index contributed by atoms with van der Waals surface area (Å²) < 4.78 is 5.12. The summed E-state index contributed by atoms with van der Waals surface area (Å²) in [5.74, 6) is 0. The van der Waals surface area contributed by atoms with Gasteiger partial charge in [0.15, 0.2) is 0 Å². The molecule has 0 aliphatic carbocycles. The Kier molecular flexibility index (Phi) is 5.29. The molecular formula is C17H15NO3. The van der Waals surface area contributed by atoms with Gasteiger partial charge in [0.2, 0.25) is 0 Å². The number of alkyl carbamates (subject to hydrolysis) is 1. The minimum atomic E-state index is -0.601. The van der Waals surface area contributed by atoms with Crippen molar-refractivity contribution in [2.75, 3.05) is 0 Å². The normalized spacial score (nSPS) is 10.8. The molecule has 0 fully saturated rings. The number of hydrogen-bond donors (Lipinski definition) is 1. The number of allylic oxidation sites excluding steroid dienone is 1. The predicted molar refractivity (Wildman–Crippen MR) is 80.2 cm³/mol. The van der Waals surface area contributed by atoms with E-state index in [0.29, 0.717) is 12.0 Å². The molecule has 1 N–H and O–H groups in total. The molecule has 2 aromatic rings. The molecule has 2 aromatic carbocycles. The molecule has 0 saturated carbocycles. The third kappa shape index (κ3) is 4.62. The highest BCUT2D eigenvalue weighted by Gasteiger charge is 2.07. The molecule has 0 atom stereocenters. The molecule has 0 aromatic heterocycles. The van der Waals surface area contributed by atoms with E-state index in [4.69, 9.17) is 4.74 Å². The van der Waals surface area contributed by atoms with Gasteiger partial charge in [-0.15, -0.1) is 0 Å². The Morgan fingerprint density at radius 1 is 1.00 bits per heavy atom. The summed E-state index contributed by atoms with van der Waals surface area (Å²) in [5, 5.41) is 2.57. The Morgan fingerprint density at radius 2 is 1.62 bits per heavy atom. The summed E-state index contributed by atoms with van der Waals surface area (Å²) in [7, 11) is 0. The van der Waals surface area contributed by atoms with E-state index in [0.717, 1.165) is 11.1 Å². The topological polar surface area (TPSA) is 55.4 Å². The van der Waals surface area contributed by atoms with Crippen LogP contribution < -0.4 is 5.32 Å². The highest BCUT2D eigenvalue weighted by molar-refractivity contribution is 5.88. The molecule has 0 radical (unpaired) electrons. The van der Waals surface area contributed by atoms with Crippen LogP contribution in [0.3, 0.4) is 0 Å². The van der Waals surface area contributed by atoms with Gasteiger partial charge in [-0.1, -0.05) is 60.7 Å². The van der Waals surface area contributed by atoms with Crippen LogP contribution in [0.25, 0.3) is 5.70 Å².